The molecule has 134 valence electrons. The van der Waals surface area contributed by atoms with Crippen molar-refractivity contribution in [2.75, 3.05) is 25.9 Å². The molecule has 7 nitrogen and oxygen atoms in total. The van der Waals surface area contributed by atoms with Crippen molar-refractivity contribution in [1.29, 1.82) is 0 Å². The average Bonchev–Trinajstić information content (AvgIpc) is 2.84. The SMILES string of the molecule is CS(=O)(=O)N1CC2CCC(C1)N(Cc1nc(-c3ccccc3)no1)C2. The van der Waals surface area contributed by atoms with E-state index in [1.165, 1.54) is 6.26 Å². The molecule has 3 fully saturated rings. The zero-order chi connectivity index (χ0) is 17.4. The molecule has 1 aromatic heterocycles. The number of hydrogen-bond acceptors (Lipinski definition) is 6. The fourth-order valence-electron chi connectivity index (χ4n) is 3.80. The Morgan fingerprint density at radius 1 is 1.16 bits per heavy atom. The van der Waals surface area contributed by atoms with Crippen molar-refractivity contribution >= 4 is 10.0 Å². The number of nitrogens with zero attached hydrogens (tertiary/aromatic N) is 4. The van der Waals surface area contributed by atoms with Gasteiger partial charge < -0.3 is 4.52 Å². The van der Waals surface area contributed by atoms with E-state index in [1.807, 2.05) is 30.3 Å². The van der Waals surface area contributed by atoms with Crippen LogP contribution in [0.2, 0.25) is 0 Å². The summed E-state index contributed by atoms with van der Waals surface area (Å²) >= 11 is 0. The average molecular weight is 362 g/mol. The van der Waals surface area contributed by atoms with Crippen molar-refractivity contribution in [2.45, 2.75) is 25.4 Å². The van der Waals surface area contributed by atoms with Gasteiger partial charge in [0.05, 0.1) is 12.8 Å². The summed E-state index contributed by atoms with van der Waals surface area (Å²) in [5.41, 5.74) is 0.929. The van der Waals surface area contributed by atoms with Gasteiger partial charge in [0.2, 0.25) is 21.7 Å². The molecule has 0 aliphatic carbocycles. The van der Waals surface area contributed by atoms with Crippen LogP contribution < -0.4 is 0 Å². The summed E-state index contributed by atoms with van der Waals surface area (Å²) in [6, 6.07) is 9.95. The highest BCUT2D eigenvalue weighted by Gasteiger charge is 2.38. The van der Waals surface area contributed by atoms with Crippen molar-refractivity contribution in [3.63, 3.8) is 0 Å². The first-order valence-electron chi connectivity index (χ1n) is 8.56. The molecule has 0 amide bonds. The van der Waals surface area contributed by atoms with E-state index in [2.05, 4.69) is 15.0 Å². The van der Waals surface area contributed by atoms with Crippen LogP contribution in [0.3, 0.4) is 0 Å². The number of piperidine rings is 1. The molecule has 3 aliphatic heterocycles. The van der Waals surface area contributed by atoms with Crippen LogP contribution in [0.25, 0.3) is 11.4 Å². The highest BCUT2D eigenvalue weighted by molar-refractivity contribution is 7.88. The highest BCUT2D eigenvalue weighted by Crippen LogP contribution is 2.30. The van der Waals surface area contributed by atoms with Crippen molar-refractivity contribution in [3.05, 3.63) is 36.2 Å². The fraction of sp³-hybridized carbons (Fsp3) is 0.529. The molecule has 0 radical (unpaired) electrons. The van der Waals surface area contributed by atoms with E-state index in [0.29, 0.717) is 37.3 Å². The first-order valence-corrected chi connectivity index (χ1v) is 10.4. The molecule has 25 heavy (non-hydrogen) atoms. The summed E-state index contributed by atoms with van der Waals surface area (Å²) in [7, 11) is -3.15. The Labute approximate surface area is 147 Å². The second kappa shape index (κ2) is 6.51. The lowest BCUT2D eigenvalue weighted by molar-refractivity contribution is 0.111. The van der Waals surface area contributed by atoms with Gasteiger partial charge in [0.25, 0.3) is 0 Å². The third-order valence-electron chi connectivity index (χ3n) is 5.10. The number of benzene rings is 1. The van der Waals surface area contributed by atoms with Crippen LogP contribution in [0.1, 0.15) is 18.7 Å². The minimum atomic E-state index is -3.15. The Balaban J connectivity index is 1.49. The van der Waals surface area contributed by atoms with Gasteiger partial charge in [0.1, 0.15) is 0 Å². The van der Waals surface area contributed by atoms with Crippen LogP contribution in [0.4, 0.5) is 0 Å². The van der Waals surface area contributed by atoms with Crippen molar-refractivity contribution in [2.24, 2.45) is 5.92 Å². The lowest BCUT2D eigenvalue weighted by Gasteiger charge is -2.34. The lowest BCUT2D eigenvalue weighted by atomic mass is 9.95. The first kappa shape index (κ1) is 16.7. The smallest absolute Gasteiger partial charge is 0.241 e. The Hall–Kier alpha value is -1.77. The largest absolute Gasteiger partial charge is 0.338 e. The predicted molar refractivity (Wildman–Crippen MR) is 93.1 cm³/mol. The zero-order valence-corrected chi connectivity index (χ0v) is 15.0. The zero-order valence-electron chi connectivity index (χ0n) is 14.2. The van der Waals surface area contributed by atoms with Crippen LogP contribution in [-0.2, 0) is 16.6 Å². The maximum Gasteiger partial charge on any atom is 0.241 e. The summed E-state index contributed by atoms with van der Waals surface area (Å²) in [5, 5.41) is 4.07. The fourth-order valence-corrected chi connectivity index (χ4v) is 4.72. The summed E-state index contributed by atoms with van der Waals surface area (Å²) in [5.74, 6) is 1.54. The molecule has 0 saturated carbocycles. The quantitative estimate of drug-likeness (QED) is 0.822. The molecule has 4 heterocycles. The van der Waals surface area contributed by atoms with E-state index < -0.39 is 10.0 Å². The third kappa shape index (κ3) is 3.61. The van der Waals surface area contributed by atoms with Gasteiger partial charge in [-0.15, -0.1) is 0 Å². The molecule has 3 aliphatic rings. The van der Waals surface area contributed by atoms with Gasteiger partial charge in [-0.25, -0.2) is 12.7 Å². The standard InChI is InChI=1S/C17H22N4O3S/c1-25(22,23)21-10-13-7-8-15(11-21)20(9-13)12-16-18-17(19-24-16)14-5-3-2-4-6-14/h2-6,13,15H,7-12H2,1H3. The third-order valence-corrected chi connectivity index (χ3v) is 6.34. The molecule has 3 saturated heterocycles. The molecular weight excluding hydrogens is 340 g/mol. The Bertz CT molecular complexity index is 837. The van der Waals surface area contributed by atoms with Gasteiger partial charge in [-0.1, -0.05) is 35.5 Å². The van der Waals surface area contributed by atoms with E-state index in [-0.39, 0.29) is 6.04 Å². The second-order valence-electron chi connectivity index (χ2n) is 6.98. The molecule has 1 aromatic carbocycles. The molecule has 2 unspecified atom stereocenters. The Morgan fingerprint density at radius 2 is 1.96 bits per heavy atom. The summed E-state index contributed by atoms with van der Waals surface area (Å²) in [6.07, 6.45) is 3.38. The molecule has 0 spiro atoms. The van der Waals surface area contributed by atoms with E-state index >= 15 is 0 Å². The number of hydrogen-bond donors (Lipinski definition) is 0. The first-order chi connectivity index (χ1) is 12.0. The molecule has 2 atom stereocenters. The van der Waals surface area contributed by atoms with Crippen LogP contribution >= 0.6 is 0 Å². The maximum atomic E-state index is 11.9. The molecule has 2 bridgehead atoms. The van der Waals surface area contributed by atoms with Gasteiger partial charge in [-0.05, 0) is 18.8 Å². The van der Waals surface area contributed by atoms with E-state index in [0.717, 1.165) is 24.9 Å². The van der Waals surface area contributed by atoms with Crippen molar-refractivity contribution < 1.29 is 12.9 Å². The van der Waals surface area contributed by atoms with Gasteiger partial charge in [0.15, 0.2) is 0 Å². The Morgan fingerprint density at radius 3 is 2.72 bits per heavy atom. The normalized spacial score (nSPS) is 25.2. The second-order valence-corrected chi connectivity index (χ2v) is 8.97. The summed E-state index contributed by atoms with van der Waals surface area (Å²) in [4.78, 5) is 6.80. The number of aromatic nitrogens is 2. The monoisotopic (exact) mass is 362 g/mol. The van der Waals surface area contributed by atoms with Gasteiger partial charge in [-0.3, -0.25) is 4.90 Å². The van der Waals surface area contributed by atoms with Gasteiger partial charge in [-0.2, -0.15) is 4.98 Å². The van der Waals surface area contributed by atoms with Gasteiger partial charge in [0, 0.05) is 31.2 Å². The lowest BCUT2D eigenvalue weighted by Crippen LogP contribution is -2.43. The van der Waals surface area contributed by atoms with Gasteiger partial charge >= 0.3 is 0 Å². The molecular formula is C17H22N4O3S. The van der Waals surface area contributed by atoms with Crippen LogP contribution in [0.5, 0.6) is 0 Å². The van der Waals surface area contributed by atoms with Crippen LogP contribution in [0.15, 0.2) is 34.9 Å². The molecule has 8 heteroatoms. The van der Waals surface area contributed by atoms with Crippen LogP contribution in [-0.4, -0.2) is 59.7 Å². The topological polar surface area (TPSA) is 79.5 Å². The number of rotatable bonds is 4. The molecule has 0 N–H and O–H groups in total. The number of sulfonamides is 1. The van der Waals surface area contributed by atoms with Crippen molar-refractivity contribution in [1.82, 2.24) is 19.3 Å². The maximum absolute atomic E-state index is 11.9. The minimum absolute atomic E-state index is 0.209. The Kier molecular flexibility index (Phi) is 4.35. The van der Waals surface area contributed by atoms with Crippen LogP contribution in [0, 0.1) is 5.92 Å². The number of fused-ring (bicyclic) bond motifs is 4. The van der Waals surface area contributed by atoms with E-state index in [1.54, 1.807) is 4.31 Å². The molecule has 5 rings (SSSR count). The summed E-state index contributed by atoms with van der Waals surface area (Å²) < 4.78 is 31.0. The molecule has 2 aromatic rings. The summed E-state index contributed by atoms with van der Waals surface area (Å²) in [6.45, 7) is 2.61. The predicted octanol–water partition coefficient (Wildman–Crippen LogP) is 1.59. The van der Waals surface area contributed by atoms with E-state index in [4.69, 9.17) is 4.52 Å². The minimum Gasteiger partial charge on any atom is -0.338 e. The van der Waals surface area contributed by atoms with Crippen molar-refractivity contribution in [3.8, 4) is 11.4 Å². The van der Waals surface area contributed by atoms with E-state index in [9.17, 15) is 8.42 Å². The highest BCUT2D eigenvalue weighted by atomic mass is 32.2.